The molecule has 1 aliphatic heterocycles. The lowest BCUT2D eigenvalue weighted by Gasteiger charge is -2.32. The van der Waals surface area contributed by atoms with Crippen LogP contribution in [-0.4, -0.2) is 106 Å². The molecule has 1 saturated heterocycles. The van der Waals surface area contributed by atoms with E-state index in [1.807, 2.05) is 32.0 Å². The topological polar surface area (TPSA) is 129 Å². The monoisotopic (exact) mass is 755 g/mol. The average molecular weight is 757 g/mol. The molecule has 2 rings (SSSR count). The fraction of sp³-hybridized carbons (Fsp3) is 0.778. The molecule has 13 heteroatoms. The number of likely N-dealkylation sites (N-methyl/N-ethyl adjacent to an activating group) is 1. The van der Waals surface area contributed by atoms with E-state index in [9.17, 15) is 14.7 Å². The number of ether oxygens (including phenoxy) is 2. The number of carbonyl (C=O) groups is 2. The lowest BCUT2D eigenvalue weighted by molar-refractivity contribution is -0.127. The standard InChI is InChI=1S/C36H65N5O5.3ClH/c1-8-9-14-38-36(44)31(27(4)5)23-33(42)32(37)22-29(26(2)3)24-39-35(43)30-13-12-28(25-41-17-15-40(6)16-18-41)21-34(30)46-20-11-10-19-45-7;;;/h12-13,21,26-27,29,31-33,42H,8-11,14-20,22-25,37H2,1-7H3,(H,38,44)(H,39,43);3*1H/t29-,31+,32+,33+;;;/m1.../s1. The van der Waals surface area contributed by atoms with Gasteiger partial charge in [0.1, 0.15) is 5.75 Å². The Kier molecular flexibility index (Phi) is 27.7. The largest absolute Gasteiger partial charge is 0.493 e. The summed E-state index contributed by atoms with van der Waals surface area (Å²) in [5, 5.41) is 17.2. The highest BCUT2D eigenvalue weighted by atomic mass is 35.5. The van der Waals surface area contributed by atoms with E-state index in [1.165, 1.54) is 0 Å². The maximum absolute atomic E-state index is 13.5. The van der Waals surface area contributed by atoms with Gasteiger partial charge in [-0.1, -0.05) is 47.1 Å². The van der Waals surface area contributed by atoms with Crippen LogP contribution in [0.2, 0.25) is 0 Å². The number of nitrogens with one attached hydrogen (secondary N) is 2. The van der Waals surface area contributed by atoms with Gasteiger partial charge in [-0.05, 0) is 74.6 Å². The third-order valence-electron chi connectivity index (χ3n) is 9.30. The molecular weight excluding hydrogens is 689 g/mol. The molecule has 1 heterocycles. The summed E-state index contributed by atoms with van der Waals surface area (Å²) in [6.07, 6.45) is 3.72. The summed E-state index contributed by atoms with van der Waals surface area (Å²) in [5.74, 6) is 0.482. The van der Waals surface area contributed by atoms with Crippen molar-refractivity contribution < 1.29 is 24.2 Å². The van der Waals surface area contributed by atoms with Gasteiger partial charge in [-0.3, -0.25) is 14.5 Å². The van der Waals surface area contributed by atoms with E-state index in [2.05, 4.69) is 48.3 Å². The molecule has 1 fully saturated rings. The summed E-state index contributed by atoms with van der Waals surface area (Å²) in [6, 6.07) is 5.41. The second-order valence-electron chi connectivity index (χ2n) is 13.9. The number of aliphatic hydroxyl groups excluding tert-OH is 1. The van der Waals surface area contributed by atoms with E-state index in [0.717, 1.165) is 64.0 Å². The Morgan fingerprint density at radius 1 is 0.939 bits per heavy atom. The van der Waals surface area contributed by atoms with Crippen LogP contribution in [0.4, 0.5) is 0 Å². The van der Waals surface area contributed by atoms with Crippen LogP contribution in [0.1, 0.15) is 89.1 Å². The Morgan fingerprint density at radius 2 is 1.59 bits per heavy atom. The number of benzene rings is 1. The summed E-state index contributed by atoms with van der Waals surface area (Å²) in [4.78, 5) is 31.1. The summed E-state index contributed by atoms with van der Waals surface area (Å²) in [6.45, 7) is 17.5. The van der Waals surface area contributed by atoms with E-state index >= 15 is 0 Å². The van der Waals surface area contributed by atoms with Crippen LogP contribution in [0, 0.1) is 23.7 Å². The van der Waals surface area contributed by atoms with Crippen LogP contribution >= 0.6 is 37.2 Å². The van der Waals surface area contributed by atoms with E-state index in [1.54, 1.807) is 7.11 Å². The second-order valence-corrected chi connectivity index (χ2v) is 13.9. The Balaban J connectivity index is 0. The van der Waals surface area contributed by atoms with E-state index < -0.39 is 12.1 Å². The van der Waals surface area contributed by atoms with Crippen molar-refractivity contribution in [1.29, 1.82) is 0 Å². The molecule has 10 nitrogen and oxygen atoms in total. The van der Waals surface area contributed by atoms with Crippen LogP contribution < -0.4 is 21.1 Å². The van der Waals surface area contributed by atoms with Gasteiger partial charge >= 0.3 is 0 Å². The predicted molar refractivity (Wildman–Crippen MR) is 208 cm³/mol. The molecule has 288 valence electrons. The predicted octanol–water partition coefficient (Wildman–Crippen LogP) is 5.16. The summed E-state index contributed by atoms with van der Waals surface area (Å²) in [7, 11) is 3.85. The first-order valence-electron chi connectivity index (χ1n) is 17.6. The van der Waals surface area contributed by atoms with Crippen LogP contribution in [-0.2, 0) is 16.1 Å². The zero-order valence-corrected chi connectivity index (χ0v) is 33.5. The number of methoxy groups -OCH3 is 1. The first-order chi connectivity index (χ1) is 22.0. The molecular formula is C36H68Cl3N5O5. The number of rotatable bonds is 22. The average Bonchev–Trinajstić information content (AvgIpc) is 3.02. The number of aliphatic hydroxyl groups is 1. The molecule has 0 bridgehead atoms. The van der Waals surface area contributed by atoms with E-state index in [4.69, 9.17) is 15.2 Å². The quantitative estimate of drug-likeness (QED) is 0.120. The van der Waals surface area contributed by atoms with Gasteiger partial charge in [-0.15, -0.1) is 37.2 Å². The molecule has 1 aromatic rings. The highest BCUT2D eigenvalue weighted by Gasteiger charge is 2.30. The second kappa shape index (κ2) is 27.3. The molecule has 0 spiro atoms. The molecule has 4 atom stereocenters. The maximum Gasteiger partial charge on any atom is 0.255 e. The van der Waals surface area contributed by atoms with Gasteiger partial charge in [0.15, 0.2) is 0 Å². The number of amides is 2. The minimum Gasteiger partial charge on any atom is -0.493 e. The van der Waals surface area contributed by atoms with Crippen molar-refractivity contribution in [2.24, 2.45) is 29.4 Å². The smallest absolute Gasteiger partial charge is 0.255 e. The summed E-state index contributed by atoms with van der Waals surface area (Å²) in [5.41, 5.74) is 8.18. The fourth-order valence-electron chi connectivity index (χ4n) is 5.82. The van der Waals surface area contributed by atoms with Crippen molar-refractivity contribution in [3.05, 3.63) is 29.3 Å². The third-order valence-corrected chi connectivity index (χ3v) is 9.30. The van der Waals surface area contributed by atoms with Crippen molar-refractivity contribution in [1.82, 2.24) is 20.4 Å². The van der Waals surface area contributed by atoms with Gasteiger partial charge in [0.25, 0.3) is 5.91 Å². The molecule has 0 saturated carbocycles. The Bertz CT molecular complexity index is 1030. The van der Waals surface area contributed by atoms with E-state index in [-0.39, 0.29) is 72.7 Å². The number of piperazine rings is 1. The van der Waals surface area contributed by atoms with Gasteiger partial charge in [0, 0.05) is 71.5 Å². The van der Waals surface area contributed by atoms with Crippen LogP contribution in [0.5, 0.6) is 5.75 Å². The Labute approximate surface area is 315 Å². The molecule has 0 unspecified atom stereocenters. The Morgan fingerprint density at radius 3 is 2.18 bits per heavy atom. The number of hydrogen-bond donors (Lipinski definition) is 4. The fourth-order valence-corrected chi connectivity index (χ4v) is 5.82. The van der Waals surface area contributed by atoms with Crippen molar-refractivity contribution >= 4 is 49.0 Å². The SMILES string of the molecule is CCCCNC(=O)[C@@H](C[C@H](O)[C@@H](N)C[C@H](CNC(=O)c1ccc(CN2CCN(C)CC2)cc1OCCCCOC)C(C)C)C(C)C.Cl.Cl.Cl. The molecule has 0 radical (unpaired) electrons. The minimum absolute atomic E-state index is 0. The van der Waals surface area contributed by atoms with Gasteiger partial charge < -0.3 is 35.8 Å². The summed E-state index contributed by atoms with van der Waals surface area (Å²) < 4.78 is 11.3. The molecule has 1 aliphatic rings. The van der Waals surface area contributed by atoms with Crippen molar-refractivity contribution in [3.8, 4) is 5.75 Å². The van der Waals surface area contributed by atoms with E-state index in [0.29, 0.717) is 50.5 Å². The summed E-state index contributed by atoms with van der Waals surface area (Å²) >= 11 is 0. The lowest BCUT2D eigenvalue weighted by atomic mass is 9.83. The Hall–Kier alpha value is -1.37. The van der Waals surface area contributed by atoms with Crippen molar-refractivity contribution in [2.75, 3.05) is 66.6 Å². The molecule has 2 amide bonds. The molecule has 5 N–H and O–H groups in total. The molecule has 49 heavy (non-hydrogen) atoms. The van der Waals surface area contributed by atoms with Gasteiger partial charge in [-0.25, -0.2) is 0 Å². The van der Waals surface area contributed by atoms with Crippen LogP contribution in [0.3, 0.4) is 0 Å². The molecule has 1 aromatic carbocycles. The number of unbranched alkanes of at least 4 members (excludes halogenated alkanes) is 2. The first-order valence-corrected chi connectivity index (χ1v) is 17.6. The molecule has 0 aliphatic carbocycles. The highest BCUT2D eigenvalue weighted by molar-refractivity contribution is 5.97. The third kappa shape index (κ3) is 18.6. The zero-order chi connectivity index (χ0) is 34.1. The van der Waals surface area contributed by atoms with Gasteiger partial charge in [-0.2, -0.15) is 0 Å². The van der Waals surface area contributed by atoms with Crippen LogP contribution in [0.15, 0.2) is 18.2 Å². The number of nitrogens with zero attached hydrogens (tertiary/aromatic N) is 2. The highest BCUT2D eigenvalue weighted by Crippen LogP contribution is 2.25. The van der Waals surface area contributed by atoms with Crippen molar-refractivity contribution in [3.63, 3.8) is 0 Å². The van der Waals surface area contributed by atoms with Gasteiger partial charge in [0.05, 0.1) is 18.3 Å². The number of carbonyl (C=O) groups excluding carboxylic acids is 2. The number of nitrogens with two attached hydrogens (primary N) is 1. The normalized spacial score (nSPS) is 16.1. The molecule has 0 aromatic heterocycles. The number of hydrogen-bond acceptors (Lipinski definition) is 8. The number of halogens is 3. The zero-order valence-electron chi connectivity index (χ0n) is 31.1. The van der Waals surface area contributed by atoms with Gasteiger partial charge in [0.2, 0.25) is 5.91 Å². The van der Waals surface area contributed by atoms with Crippen molar-refractivity contribution in [2.45, 2.75) is 91.8 Å². The first kappa shape index (κ1) is 49.7. The maximum atomic E-state index is 13.5. The van der Waals surface area contributed by atoms with Crippen LogP contribution in [0.25, 0.3) is 0 Å². The lowest BCUT2D eigenvalue weighted by Crippen LogP contribution is -2.44. The minimum atomic E-state index is -0.813.